The summed E-state index contributed by atoms with van der Waals surface area (Å²) in [5.41, 5.74) is 16.3. The first kappa shape index (κ1) is 36.8. The fraction of sp³-hybridized carbons (Fsp3) is 0.176. The van der Waals surface area contributed by atoms with E-state index < -0.39 is 0 Å². The second-order valence-corrected chi connectivity index (χ2v) is 13.4. The van der Waals surface area contributed by atoms with Crippen molar-refractivity contribution in [2.24, 2.45) is 5.92 Å². The molecule has 0 saturated carbocycles. The lowest BCUT2D eigenvalue weighted by Gasteiger charge is -2.23. The van der Waals surface area contributed by atoms with Crippen molar-refractivity contribution in [1.29, 1.82) is 0 Å². The normalized spacial score (nSPS) is 12.8. The molecule has 0 N–H and O–H groups in total. The Bertz CT molecular complexity index is 2160. The topological polar surface area (TPSA) is 0 Å². The van der Waals surface area contributed by atoms with Crippen LogP contribution in [-0.4, -0.2) is 0 Å². The van der Waals surface area contributed by atoms with Crippen molar-refractivity contribution in [3.8, 4) is 33.4 Å². The Labute approximate surface area is 307 Å². The Hall–Kier alpha value is -5.46. The van der Waals surface area contributed by atoms with Gasteiger partial charge in [0, 0.05) is 0 Å². The zero-order valence-electron chi connectivity index (χ0n) is 31.2. The first-order valence-corrected chi connectivity index (χ1v) is 18.3. The highest BCUT2D eigenvalue weighted by Crippen LogP contribution is 2.46. The summed E-state index contributed by atoms with van der Waals surface area (Å²) in [6, 6.07) is 32.7. The molecule has 0 radical (unpaired) electrons. The van der Waals surface area contributed by atoms with Gasteiger partial charge in [-0.05, 0) is 110 Å². The highest BCUT2D eigenvalue weighted by atomic mass is 14.2. The van der Waals surface area contributed by atoms with Gasteiger partial charge in [-0.3, -0.25) is 0 Å². The predicted molar refractivity (Wildman–Crippen MR) is 230 cm³/mol. The molecule has 0 heteroatoms. The third-order valence-electron chi connectivity index (χ3n) is 10.2. The summed E-state index contributed by atoms with van der Waals surface area (Å²) in [7, 11) is 0. The average molecular weight is 665 g/mol. The minimum Gasteiger partial charge on any atom is -0.0984 e. The Morgan fingerprint density at radius 1 is 0.588 bits per heavy atom. The third-order valence-corrected chi connectivity index (χ3v) is 10.2. The molecule has 1 unspecified atom stereocenters. The molecule has 0 heterocycles. The van der Waals surface area contributed by atoms with E-state index in [4.69, 9.17) is 0 Å². The summed E-state index contributed by atoms with van der Waals surface area (Å²) in [5, 5.41) is 2.33. The molecule has 0 aliphatic carbocycles. The first-order chi connectivity index (χ1) is 24.8. The summed E-state index contributed by atoms with van der Waals surface area (Å²) in [6.45, 7) is 28.5. The van der Waals surface area contributed by atoms with E-state index in [0.29, 0.717) is 5.92 Å². The second kappa shape index (κ2) is 17.0. The highest BCUT2D eigenvalue weighted by Gasteiger charge is 2.22. The van der Waals surface area contributed by atoms with Gasteiger partial charge in [0.1, 0.15) is 0 Å². The van der Waals surface area contributed by atoms with Crippen LogP contribution in [0.4, 0.5) is 0 Å². The first-order valence-electron chi connectivity index (χ1n) is 18.3. The summed E-state index contributed by atoms with van der Waals surface area (Å²) < 4.78 is 0. The molecule has 0 nitrogen and oxygen atoms in total. The largest absolute Gasteiger partial charge is 0.0984 e. The van der Waals surface area contributed by atoms with Crippen molar-refractivity contribution in [3.05, 3.63) is 175 Å². The molecule has 51 heavy (non-hydrogen) atoms. The summed E-state index contributed by atoms with van der Waals surface area (Å²) >= 11 is 0. The molecule has 0 bridgehead atoms. The van der Waals surface area contributed by atoms with Crippen LogP contribution >= 0.6 is 0 Å². The van der Waals surface area contributed by atoms with Gasteiger partial charge in [-0.15, -0.1) is 0 Å². The second-order valence-electron chi connectivity index (χ2n) is 13.4. The van der Waals surface area contributed by atoms with Crippen molar-refractivity contribution >= 4 is 40.6 Å². The molecule has 1 atom stereocenters. The van der Waals surface area contributed by atoms with Crippen LogP contribution in [0.15, 0.2) is 147 Å². The Kier molecular flexibility index (Phi) is 12.2. The van der Waals surface area contributed by atoms with Crippen LogP contribution in [0, 0.1) is 5.92 Å². The van der Waals surface area contributed by atoms with Crippen LogP contribution in [0.5, 0.6) is 0 Å². The molecule has 0 saturated heterocycles. The van der Waals surface area contributed by atoms with Crippen molar-refractivity contribution in [2.45, 2.75) is 53.9 Å². The zero-order valence-corrected chi connectivity index (χ0v) is 31.2. The molecule has 0 fully saturated rings. The van der Waals surface area contributed by atoms with E-state index in [-0.39, 0.29) is 0 Å². The standard InChI is InChI=1S/C51H52/c1-10-21-36(8)37(9)34-41(27-26-35(7)11-2)38-28-30-40(31-29-38)50-44(14-5)45(15-6)51(48-25-20-19-24-47(48)50)49-33-32-46(39-22-17-16-18-23-39)42(12-3)43(49)13-4/h12-20,22-34,36H,3-6,10-11,21H2,1-2,7-9H3/b35-26+,37-34+,41-27+. The quantitative estimate of drug-likeness (QED) is 0.104. The lowest BCUT2D eigenvalue weighted by Crippen LogP contribution is -1.99. The Morgan fingerprint density at radius 3 is 1.73 bits per heavy atom. The van der Waals surface area contributed by atoms with E-state index in [0.717, 1.165) is 67.4 Å². The van der Waals surface area contributed by atoms with Crippen molar-refractivity contribution in [3.63, 3.8) is 0 Å². The summed E-state index contributed by atoms with van der Waals surface area (Å²) in [6.07, 6.45) is 18.2. The van der Waals surface area contributed by atoms with Gasteiger partial charge < -0.3 is 0 Å². The molecular weight excluding hydrogens is 613 g/mol. The summed E-state index contributed by atoms with van der Waals surface area (Å²) in [5.74, 6) is 0.546. The minimum absolute atomic E-state index is 0.546. The molecule has 5 aromatic rings. The molecule has 256 valence electrons. The Morgan fingerprint density at radius 2 is 1.14 bits per heavy atom. The number of hydrogen-bond donors (Lipinski definition) is 0. The molecule has 0 aliphatic heterocycles. The van der Waals surface area contributed by atoms with Gasteiger partial charge in [-0.1, -0.05) is 198 Å². The molecular formula is C51H52. The number of allylic oxidation sites excluding steroid dienone is 6. The molecule has 5 aromatic carbocycles. The van der Waals surface area contributed by atoms with Gasteiger partial charge in [0.15, 0.2) is 0 Å². The predicted octanol–water partition coefficient (Wildman–Crippen LogP) is 15.5. The lowest BCUT2D eigenvalue weighted by molar-refractivity contribution is 0.602. The maximum Gasteiger partial charge on any atom is -0.00203 e. The fourth-order valence-corrected chi connectivity index (χ4v) is 7.12. The van der Waals surface area contributed by atoms with Gasteiger partial charge in [0.25, 0.3) is 0 Å². The number of benzene rings is 5. The zero-order chi connectivity index (χ0) is 36.5. The molecule has 0 aromatic heterocycles. The van der Waals surface area contributed by atoms with E-state index >= 15 is 0 Å². The van der Waals surface area contributed by atoms with E-state index in [1.54, 1.807) is 0 Å². The van der Waals surface area contributed by atoms with Crippen molar-refractivity contribution in [1.82, 2.24) is 0 Å². The molecule has 0 spiro atoms. The van der Waals surface area contributed by atoms with Crippen molar-refractivity contribution in [2.75, 3.05) is 0 Å². The summed E-state index contributed by atoms with van der Waals surface area (Å²) in [4.78, 5) is 0. The van der Waals surface area contributed by atoms with Crippen LogP contribution in [0.1, 0.15) is 81.7 Å². The fourth-order valence-electron chi connectivity index (χ4n) is 7.12. The van der Waals surface area contributed by atoms with Gasteiger partial charge in [-0.2, -0.15) is 0 Å². The van der Waals surface area contributed by atoms with Gasteiger partial charge in [0.2, 0.25) is 0 Å². The minimum atomic E-state index is 0.546. The van der Waals surface area contributed by atoms with E-state index in [1.165, 1.54) is 40.5 Å². The smallest absolute Gasteiger partial charge is 0.00203 e. The SMILES string of the molecule is C=Cc1c(-c2ccccc2)ccc(-c2c(C=C)c(C=C)c(-c3ccc(C(=C/C=C(\C)CC)/C=C(\C)C(C)CCC)cc3)c3ccccc23)c1C=C. The molecule has 5 rings (SSSR count). The van der Waals surface area contributed by atoms with Crippen LogP contribution in [0.3, 0.4) is 0 Å². The van der Waals surface area contributed by atoms with Crippen LogP contribution < -0.4 is 0 Å². The molecule has 0 amide bonds. The number of rotatable bonds is 14. The number of hydrogen-bond acceptors (Lipinski definition) is 0. The van der Waals surface area contributed by atoms with E-state index in [1.807, 2.05) is 30.4 Å². The molecule has 0 aliphatic rings. The Balaban J connectivity index is 1.73. The number of fused-ring (bicyclic) bond motifs is 1. The van der Waals surface area contributed by atoms with E-state index in [2.05, 4.69) is 164 Å². The lowest BCUT2D eigenvalue weighted by atomic mass is 9.80. The van der Waals surface area contributed by atoms with Crippen LogP contribution in [0.25, 0.3) is 74.0 Å². The third kappa shape index (κ3) is 7.67. The van der Waals surface area contributed by atoms with Gasteiger partial charge in [0.05, 0.1) is 0 Å². The van der Waals surface area contributed by atoms with Crippen LogP contribution in [0.2, 0.25) is 0 Å². The monoisotopic (exact) mass is 664 g/mol. The van der Waals surface area contributed by atoms with Gasteiger partial charge >= 0.3 is 0 Å². The van der Waals surface area contributed by atoms with Crippen LogP contribution in [-0.2, 0) is 0 Å². The highest BCUT2D eigenvalue weighted by molar-refractivity contribution is 6.13. The van der Waals surface area contributed by atoms with Crippen molar-refractivity contribution < 1.29 is 0 Å². The van der Waals surface area contributed by atoms with E-state index in [9.17, 15) is 0 Å². The maximum absolute atomic E-state index is 4.35. The average Bonchev–Trinajstić information content (AvgIpc) is 3.18. The maximum atomic E-state index is 4.35. The van der Waals surface area contributed by atoms with Gasteiger partial charge in [-0.25, -0.2) is 0 Å².